The first-order valence-electron chi connectivity index (χ1n) is 8.65. The lowest BCUT2D eigenvalue weighted by Gasteiger charge is -2.32. The Kier molecular flexibility index (Phi) is 7.50. The third kappa shape index (κ3) is 6.40. The molecule has 0 bridgehead atoms. The second-order valence-corrected chi connectivity index (χ2v) is 7.92. The van der Waals surface area contributed by atoms with Gasteiger partial charge in [0.15, 0.2) is 0 Å². The summed E-state index contributed by atoms with van der Waals surface area (Å²) in [5.41, 5.74) is 7.29. The molecular weight excluding hydrogens is 385 g/mol. The van der Waals surface area contributed by atoms with Gasteiger partial charge in [-0.2, -0.15) is 0 Å². The first-order chi connectivity index (χ1) is 12.7. The molecule has 2 rings (SSSR count). The largest absolute Gasteiger partial charge is 0.396 e. The number of aliphatic hydroxyl groups excluding tert-OH is 1. The molecule has 2 aromatic rings. The Morgan fingerprint density at radius 3 is 2.33 bits per heavy atom. The molecule has 27 heavy (non-hydrogen) atoms. The number of rotatable bonds is 8. The average molecular weight is 410 g/mol. The molecular formula is C20H25Cl2N3O2. The van der Waals surface area contributed by atoms with Crippen LogP contribution in [0.1, 0.15) is 31.0 Å². The first kappa shape index (κ1) is 21.5. The molecule has 0 heterocycles. The molecule has 5 nitrogen and oxygen atoms in total. The fraction of sp³-hybridized carbons (Fsp3) is 0.350. The van der Waals surface area contributed by atoms with Gasteiger partial charge in [-0.05, 0) is 37.1 Å². The van der Waals surface area contributed by atoms with Crippen molar-refractivity contribution in [3.63, 3.8) is 0 Å². The fourth-order valence-electron chi connectivity index (χ4n) is 2.73. The molecule has 1 atom stereocenters. The highest BCUT2D eigenvalue weighted by atomic mass is 35.5. The van der Waals surface area contributed by atoms with E-state index < -0.39 is 11.6 Å². The Hall–Kier alpha value is -1.79. The summed E-state index contributed by atoms with van der Waals surface area (Å²) >= 11 is 12.2. The Morgan fingerprint density at radius 2 is 1.78 bits per heavy atom. The summed E-state index contributed by atoms with van der Waals surface area (Å²) in [6.45, 7) is 4.13. The maximum atomic E-state index is 12.2. The van der Waals surface area contributed by atoms with Crippen molar-refractivity contribution < 1.29 is 9.90 Å². The molecule has 0 aromatic heterocycles. The van der Waals surface area contributed by atoms with Crippen LogP contribution in [0.2, 0.25) is 10.0 Å². The highest BCUT2D eigenvalue weighted by Crippen LogP contribution is 2.31. The van der Waals surface area contributed by atoms with Gasteiger partial charge in [-0.3, -0.25) is 4.79 Å². The maximum absolute atomic E-state index is 12.2. The summed E-state index contributed by atoms with van der Waals surface area (Å²) in [7, 11) is 0. The second-order valence-electron chi connectivity index (χ2n) is 7.10. The van der Waals surface area contributed by atoms with Crippen molar-refractivity contribution in [1.82, 2.24) is 10.6 Å². The monoisotopic (exact) mass is 409 g/mol. The molecule has 0 aliphatic rings. The number of carbonyl (C=O) groups excluding carboxylic acids is 1. The number of aliphatic hydroxyl groups is 1. The average Bonchev–Trinajstić information content (AvgIpc) is 2.63. The topological polar surface area (TPSA) is 87.4 Å². The Bertz CT molecular complexity index is 759. The molecule has 0 saturated carbocycles. The van der Waals surface area contributed by atoms with Crippen molar-refractivity contribution in [2.45, 2.75) is 31.8 Å². The van der Waals surface area contributed by atoms with E-state index in [9.17, 15) is 9.90 Å². The number of halogens is 2. The lowest BCUT2D eigenvalue weighted by Crippen LogP contribution is -2.51. The molecule has 7 heteroatoms. The van der Waals surface area contributed by atoms with Crippen LogP contribution < -0.4 is 16.4 Å². The van der Waals surface area contributed by atoms with Crippen molar-refractivity contribution >= 4 is 34.8 Å². The number of anilines is 1. The fourth-order valence-corrected chi connectivity index (χ4v) is 3.23. The van der Waals surface area contributed by atoms with Crippen LogP contribution in [0, 0.1) is 0 Å². The summed E-state index contributed by atoms with van der Waals surface area (Å²) in [5.74, 6) is -0.0600. The third-order valence-corrected chi connectivity index (χ3v) is 4.81. The van der Waals surface area contributed by atoms with Crippen LogP contribution in [0.4, 0.5) is 5.69 Å². The summed E-state index contributed by atoms with van der Waals surface area (Å²) in [4.78, 5) is 12.2. The van der Waals surface area contributed by atoms with E-state index >= 15 is 0 Å². The molecule has 0 aliphatic carbocycles. The molecule has 1 unspecified atom stereocenters. The second kappa shape index (κ2) is 9.42. The number of nitrogens with two attached hydrogens (primary N) is 1. The highest BCUT2D eigenvalue weighted by molar-refractivity contribution is 6.38. The van der Waals surface area contributed by atoms with Gasteiger partial charge in [-0.15, -0.1) is 0 Å². The van der Waals surface area contributed by atoms with Crippen molar-refractivity contribution in [3.05, 3.63) is 63.6 Å². The number of benzene rings is 2. The number of nitrogens with one attached hydrogen (secondary N) is 2. The van der Waals surface area contributed by atoms with E-state index in [1.54, 1.807) is 12.1 Å². The zero-order chi connectivity index (χ0) is 20.0. The van der Waals surface area contributed by atoms with Gasteiger partial charge in [0, 0.05) is 12.1 Å². The van der Waals surface area contributed by atoms with Crippen LogP contribution >= 0.6 is 23.2 Å². The molecule has 0 fully saturated rings. The van der Waals surface area contributed by atoms with E-state index in [1.807, 2.05) is 44.2 Å². The molecule has 0 aliphatic heterocycles. The standard InChI is InChI=1S/C20H25Cl2N3O2/c1-20(2,12-24-18(27)8-13-6-4-3-5-7-13)25-17(11-26)14-9-15(21)19(23)16(22)10-14/h3-7,9-10,17,25-26H,8,11-12,23H2,1-2H3,(H,24,27). The van der Waals surface area contributed by atoms with E-state index in [0.717, 1.165) is 11.1 Å². The lowest BCUT2D eigenvalue weighted by molar-refractivity contribution is -0.120. The van der Waals surface area contributed by atoms with Crippen LogP contribution in [-0.2, 0) is 11.2 Å². The minimum Gasteiger partial charge on any atom is -0.396 e. The summed E-state index contributed by atoms with van der Waals surface area (Å²) in [5, 5.41) is 16.7. The van der Waals surface area contributed by atoms with Gasteiger partial charge >= 0.3 is 0 Å². The molecule has 2 aromatic carbocycles. The molecule has 1 amide bonds. The number of carbonyl (C=O) groups is 1. The van der Waals surface area contributed by atoms with E-state index in [1.165, 1.54) is 0 Å². The highest BCUT2D eigenvalue weighted by Gasteiger charge is 2.24. The number of amides is 1. The van der Waals surface area contributed by atoms with Crippen LogP contribution in [0.25, 0.3) is 0 Å². The van der Waals surface area contributed by atoms with Gasteiger partial charge < -0.3 is 21.5 Å². The SMILES string of the molecule is CC(C)(CNC(=O)Cc1ccccc1)NC(CO)c1cc(Cl)c(N)c(Cl)c1. The first-order valence-corrected chi connectivity index (χ1v) is 9.41. The van der Waals surface area contributed by atoms with Crippen LogP contribution in [0.15, 0.2) is 42.5 Å². The predicted molar refractivity (Wildman–Crippen MR) is 111 cm³/mol. The van der Waals surface area contributed by atoms with Gasteiger partial charge in [-0.25, -0.2) is 0 Å². The van der Waals surface area contributed by atoms with E-state index in [2.05, 4.69) is 10.6 Å². The van der Waals surface area contributed by atoms with Crippen molar-refractivity contribution in [3.8, 4) is 0 Å². The van der Waals surface area contributed by atoms with Crippen molar-refractivity contribution in [2.24, 2.45) is 0 Å². The van der Waals surface area contributed by atoms with Gasteiger partial charge in [0.2, 0.25) is 5.91 Å². The van der Waals surface area contributed by atoms with Gasteiger partial charge in [0.25, 0.3) is 0 Å². The van der Waals surface area contributed by atoms with Gasteiger partial charge in [-0.1, -0.05) is 53.5 Å². The van der Waals surface area contributed by atoms with E-state index in [0.29, 0.717) is 28.7 Å². The number of hydrogen-bond donors (Lipinski definition) is 4. The molecule has 146 valence electrons. The smallest absolute Gasteiger partial charge is 0.224 e. The quantitative estimate of drug-likeness (QED) is 0.503. The minimum atomic E-state index is -0.472. The Labute approximate surface area is 169 Å². The number of hydrogen-bond acceptors (Lipinski definition) is 4. The normalized spacial score (nSPS) is 12.6. The van der Waals surface area contributed by atoms with Crippen LogP contribution in [0.5, 0.6) is 0 Å². The van der Waals surface area contributed by atoms with Crippen LogP contribution in [0.3, 0.4) is 0 Å². The van der Waals surface area contributed by atoms with E-state index in [4.69, 9.17) is 28.9 Å². The Morgan fingerprint density at radius 1 is 1.19 bits per heavy atom. The summed E-state index contributed by atoms with van der Waals surface area (Å²) < 4.78 is 0. The zero-order valence-electron chi connectivity index (χ0n) is 15.4. The minimum absolute atomic E-state index is 0.0600. The Balaban J connectivity index is 1.97. The zero-order valence-corrected chi connectivity index (χ0v) is 16.9. The molecule has 0 spiro atoms. The van der Waals surface area contributed by atoms with Crippen LogP contribution in [-0.4, -0.2) is 29.7 Å². The summed E-state index contributed by atoms with van der Waals surface area (Å²) in [6.07, 6.45) is 0.323. The summed E-state index contributed by atoms with van der Waals surface area (Å²) in [6, 6.07) is 12.5. The van der Waals surface area contributed by atoms with Crippen molar-refractivity contribution in [1.29, 1.82) is 0 Å². The van der Waals surface area contributed by atoms with Gasteiger partial charge in [0.05, 0.1) is 34.8 Å². The third-order valence-electron chi connectivity index (χ3n) is 4.19. The molecule has 0 radical (unpaired) electrons. The predicted octanol–water partition coefficient (Wildman–Crippen LogP) is 3.34. The van der Waals surface area contributed by atoms with Gasteiger partial charge in [0.1, 0.15) is 0 Å². The molecule has 5 N–H and O–H groups in total. The van der Waals surface area contributed by atoms with E-state index in [-0.39, 0.29) is 12.5 Å². The lowest BCUT2D eigenvalue weighted by atomic mass is 9.99. The van der Waals surface area contributed by atoms with Crippen molar-refractivity contribution in [2.75, 3.05) is 18.9 Å². The molecule has 0 saturated heterocycles. The maximum Gasteiger partial charge on any atom is 0.224 e. The number of nitrogen functional groups attached to an aromatic ring is 1.